The van der Waals surface area contributed by atoms with E-state index in [0.717, 1.165) is 31.6 Å². The van der Waals surface area contributed by atoms with Crippen LogP contribution in [-0.4, -0.2) is 49.9 Å². The van der Waals surface area contributed by atoms with Gasteiger partial charge in [-0.05, 0) is 72.7 Å². The lowest BCUT2D eigenvalue weighted by molar-refractivity contribution is 0.0841. The smallest absolute Gasteiger partial charge is 0.288 e. The minimum atomic E-state index is -0.633. The third kappa shape index (κ3) is 5.79. The molecule has 0 saturated carbocycles. The zero-order chi connectivity index (χ0) is 25.8. The van der Waals surface area contributed by atoms with Crippen LogP contribution in [0.5, 0.6) is 0 Å². The highest BCUT2D eigenvalue weighted by atomic mass is 16.3. The number of aromatic nitrogens is 3. The molecule has 1 amide bonds. The Morgan fingerprint density at radius 2 is 1.51 bits per heavy atom. The highest BCUT2D eigenvalue weighted by Crippen LogP contribution is 2.24. The number of aliphatic hydroxyl groups excluding tert-OH is 1. The van der Waals surface area contributed by atoms with Gasteiger partial charge in [-0.25, -0.2) is 9.67 Å². The normalized spacial score (nSPS) is 16.1. The van der Waals surface area contributed by atoms with E-state index in [1.54, 1.807) is 11.6 Å². The van der Waals surface area contributed by atoms with Crippen molar-refractivity contribution >= 4 is 5.91 Å². The summed E-state index contributed by atoms with van der Waals surface area (Å²) in [4.78, 5) is 17.9. The minimum Gasteiger partial charge on any atom is -0.395 e. The third-order valence-electron chi connectivity index (χ3n) is 7.17. The summed E-state index contributed by atoms with van der Waals surface area (Å²) in [7, 11) is 0. The second-order valence-electron chi connectivity index (χ2n) is 9.80. The highest BCUT2D eigenvalue weighted by Gasteiger charge is 2.21. The molecular weight excluding hydrogens is 462 g/mol. The molecular formula is C30H33N5O2. The summed E-state index contributed by atoms with van der Waals surface area (Å²) in [6.07, 6.45) is 4.34. The standard InChI is InChI=1S/C30H33N5O2/c1-21-32-30(29(31)37)33-35(21)27-15-9-23(10-16-27)18-22-5-11-25(12-6-22)26-13-7-24(8-14-26)19-34-17-3-2-4-28(34)20-36/h5-16,28,36H,2-4,17-20H2,1H3,(H2,31,37). The van der Waals surface area contributed by atoms with Gasteiger partial charge in [0.15, 0.2) is 0 Å². The molecule has 1 aliphatic heterocycles. The van der Waals surface area contributed by atoms with Crippen LogP contribution in [0.2, 0.25) is 0 Å². The fourth-order valence-electron chi connectivity index (χ4n) is 5.06. The molecule has 3 N–H and O–H groups in total. The lowest BCUT2D eigenvalue weighted by Gasteiger charge is -2.34. The van der Waals surface area contributed by atoms with Crippen LogP contribution in [-0.2, 0) is 13.0 Å². The molecule has 1 unspecified atom stereocenters. The van der Waals surface area contributed by atoms with E-state index in [1.807, 2.05) is 12.1 Å². The first-order valence-corrected chi connectivity index (χ1v) is 12.9. The predicted molar refractivity (Wildman–Crippen MR) is 144 cm³/mol. The van der Waals surface area contributed by atoms with Crippen molar-refractivity contribution in [3.63, 3.8) is 0 Å². The Labute approximate surface area is 217 Å². The maximum Gasteiger partial charge on any atom is 0.288 e. The van der Waals surface area contributed by atoms with Crippen molar-refractivity contribution in [1.82, 2.24) is 19.7 Å². The van der Waals surface area contributed by atoms with Gasteiger partial charge in [-0.3, -0.25) is 9.69 Å². The topological polar surface area (TPSA) is 97.3 Å². The van der Waals surface area contributed by atoms with Gasteiger partial charge in [0.05, 0.1) is 12.3 Å². The summed E-state index contributed by atoms with van der Waals surface area (Å²) in [6, 6.07) is 25.9. The highest BCUT2D eigenvalue weighted by molar-refractivity contribution is 5.88. The Kier molecular flexibility index (Phi) is 7.44. The van der Waals surface area contributed by atoms with Crippen LogP contribution in [0.3, 0.4) is 0 Å². The molecule has 2 heterocycles. The number of amides is 1. The Bertz CT molecular complexity index is 1340. The molecule has 4 aromatic rings. The van der Waals surface area contributed by atoms with E-state index < -0.39 is 5.91 Å². The molecule has 5 rings (SSSR count). The van der Waals surface area contributed by atoms with Gasteiger partial charge in [-0.1, -0.05) is 67.1 Å². The van der Waals surface area contributed by atoms with E-state index in [1.165, 1.54) is 40.7 Å². The van der Waals surface area contributed by atoms with Crippen molar-refractivity contribution in [2.75, 3.05) is 13.2 Å². The van der Waals surface area contributed by atoms with Crippen LogP contribution < -0.4 is 5.73 Å². The van der Waals surface area contributed by atoms with Gasteiger partial charge in [0, 0.05) is 12.6 Å². The van der Waals surface area contributed by atoms with Crippen LogP contribution >= 0.6 is 0 Å². The second kappa shape index (κ2) is 11.1. The Morgan fingerprint density at radius 1 is 0.919 bits per heavy atom. The van der Waals surface area contributed by atoms with Crippen LogP contribution in [0.25, 0.3) is 16.8 Å². The number of aryl methyl sites for hydroxylation is 1. The molecule has 1 atom stereocenters. The van der Waals surface area contributed by atoms with E-state index in [0.29, 0.717) is 11.9 Å². The summed E-state index contributed by atoms with van der Waals surface area (Å²) in [5, 5.41) is 13.9. The number of likely N-dealkylation sites (tertiary alicyclic amines) is 1. The summed E-state index contributed by atoms with van der Waals surface area (Å²) < 4.78 is 1.63. The fourth-order valence-corrected chi connectivity index (χ4v) is 5.06. The number of rotatable bonds is 8. The Hall–Kier alpha value is -3.81. The maximum absolute atomic E-state index is 11.4. The van der Waals surface area contributed by atoms with Gasteiger partial charge in [-0.2, -0.15) is 0 Å². The molecule has 1 aromatic heterocycles. The molecule has 0 bridgehead atoms. The number of nitrogens with two attached hydrogens (primary N) is 1. The van der Waals surface area contributed by atoms with Crippen molar-refractivity contribution in [2.24, 2.45) is 5.73 Å². The molecule has 1 fully saturated rings. The van der Waals surface area contributed by atoms with Crippen molar-refractivity contribution in [2.45, 2.75) is 45.2 Å². The molecule has 0 aliphatic carbocycles. The number of carbonyl (C=O) groups excluding carboxylic acids is 1. The molecule has 37 heavy (non-hydrogen) atoms. The first kappa shape index (κ1) is 24.9. The first-order chi connectivity index (χ1) is 18.0. The van der Waals surface area contributed by atoms with Crippen LogP contribution in [0, 0.1) is 6.92 Å². The van der Waals surface area contributed by atoms with Crippen LogP contribution in [0.1, 0.15) is 52.4 Å². The summed E-state index contributed by atoms with van der Waals surface area (Å²) >= 11 is 0. The van der Waals surface area contributed by atoms with E-state index in [2.05, 4.69) is 75.6 Å². The number of piperidine rings is 1. The third-order valence-corrected chi connectivity index (χ3v) is 7.17. The molecule has 190 valence electrons. The van der Waals surface area contributed by atoms with Gasteiger partial charge in [-0.15, -0.1) is 5.10 Å². The van der Waals surface area contributed by atoms with Crippen LogP contribution in [0.4, 0.5) is 0 Å². The molecule has 1 aliphatic rings. The number of hydrogen-bond donors (Lipinski definition) is 2. The van der Waals surface area contributed by atoms with E-state index in [4.69, 9.17) is 5.73 Å². The number of benzene rings is 3. The molecule has 7 heteroatoms. The van der Waals surface area contributed by atoms with Gasteiger partial charge >= 0.3 is 0 Å². The van der Waals surface area contributed by atoms with Gasteiger partial charge in [0.25, 0.3) is 5.91 Å². The molecule has 0 spiro atoms. The van der Waals surface area contributed by atoms with Crippen molar-refractivity contribution in [3.8, 4) is 16.8 Å². The van der Waals surface area contributed by atoms with Gasteiger partial charge < -0.3 is 10.8 Å². The molecule has 7 nitrogen and oxygen atoms in total. The Morgan fingerprint density at radius 3 is 2.08 bits per heavy atom. The molecule has 0 radical (unpaired) electrons. The van der Waals surface area contributed by atoms with E-state index >= 15 is 0 Å². The van der Waals surface area contributed by atoms with E-state index in [9.17, 15) is 9.90 Å². The first-order valence-electron chi connectivity index (χ1n) is 12.9. The zero-order valence-corrected chi connectivity index (χ0v) is 21.2. The number of hydrogen-bond acceptors (Lipinski definition) is 5. The number of aliphatic hydroxyl groups is 1. The summed E-state index contributed by atoms with van der Waals surface area (Å²) in [5.41, 5.74) is 12.3. The number of nitrogens with zero attached hydrogens (tertiary/aromatic N) is 4. The second-order valence-corrected chi connectivity index (χ2v) is 9.80. The average Bonchev–Trinajstić information content (AvgIpc) is 3.32. The average molecular weight is 496 g/mol. The SMILES string of the molecule is Cc1nc(C(N)=O)nn1-c1ccc(Cc2ccc(-c3ccc(CN4CCCCC4CO)cc3)cc2)cc1. The fraction of sp³-hybridized carbons (Fsp3) is 0.300. The van der Waals surface area contributed by atoms with Gasteiger partial charge in [0.2, 0.25) is 5.82 Å². The minimum absolute atomic E-state index is 0.0219. The van der Waals surface area contributed by atoms with Gasteiger partial charge in [0.1, 0.15) is 5.82 Å². The summed E-state index contributed by atoms with van der Waals surface area (Å²) in [6.45, 7) is 4.00. The lowest BCUT2D eigenvalue weighted by atomic mass is 9.98. The molecule has 1 saturated heterocycles. The lowest BCUT2D eigenvalue weighted by Crippen LogP contribution is -2.41. The number of carbonyl (C=O) groups is 1. The molecule has 3 aromatic carbocycles. The monoisotopic (exact) mass is 495 g/mol. The zero-order valence-electron chi connectivity index (χ0n) is 21.2. The Balaban J connectivity index is 1.21. The van der Waals surface area contributed by atoms with E-state index in [-0.39, 0.29) is 12.4 Å². The number of primary amides is 1. The predicted octanol–water partition coefficient (Wildman–Crippen LogP) is 4.28. The van der Waals surface area contributed by atoms with Crippen molar-refractivity contribution in [3.05, 3.63) is 101 Å². The largest absolute Gasteiger partial charge is 0.395 e. The van der Waals surface area contributed by atoms with Crippen LogP contribution in [0.15, 0.2) is 72.8 Å². The maximum atomic E-state index is 11.4. The summed E-state index contributed by atoms with van der Waals surface area (Å²) in [5.74, 6) is 0.00571. The quantitative estimate of drug-likeness (QED) is 0.380. The van der Waals surface area contributed by atoms with Crippen molar-refractivity contribution < 1.29 is 9.90 Å². The van der Waals surface area contributed by atoms with Crippen molar-refractivity contribution in [1.29, 1.82) is 0 Å².